The number of rotatable bonds is 6. The smallest absolute Gasteiger partial charge is 0.418 e. The standard InChI is InChI=1S/C28H20ClF3N2O/c29-22-9-4-8-20(16-22)18-35-23-14-12-21(13-15-23)27-24-10-5-11-25(28(30,31)32)26(24)33-34(27)17-19-6-2-1-3-7-19/h1-16H,17-18H2. The molecule has 0 spiro atoms. The van der Waals surface area contributed by atoms with Gasteiger partial charge in [0.15, 0.2) is 0 Å². The first-order valence-electron chi connectivity index (χ1n) is 11.0. The molecule has 0 aliphatic heterocycles. The van der Waals surface area contributed by atoms with Gasteiger partial charge in [-0.1, -0.05) is 66.2 Å². The number of fused-ring (bicyclic) bond motifs is 1. The first-order chi connectivity index (χ1) is 16.9. The molecule has 0 radical (unpaired) electrons. The van der Waals surface area contributed by atoms with E-state index in [1.807, 2.05) is 60.7 Å². The van der Waals surface area contributed by atoms with Crippen LogP contribution in [0.5, 0.6) is 5.75 Å². The van der Waals surface area contributed by atoms with Gasteiger partial charge in [0, 0.05) is 16.0 Å². The van der Waals surface area contributed by atoms with Crippen molar-refractivity contribution in [2.75, 3.05) is 0 Å². The molecule has 1 aromatic heterocycles. The molecule has 35 heavy (non-hydrogen) atoms. The van der Waals surface area contributed by atoms with Crippen LogP contribution >= 0.6 is 11.6 Å². The van der Waals surface area contributed by atoms with Gasteiger partial charge in [-0.15, -0.1) is 0 Å². The van der Waals surface area contributed by atoms with E-state index >= 15 is 0 Å². The van der Waals surface area contributed by atoms with E-state index in [0.717, 1.165) is 22.8 Å². The number of hydrogen-bond acceptors (Lipinski definition) is 2. The molecule has 0 amide bonds. The van der Waals surface area contributed by atoms with Gasteiger partial charge in [-0.3, -0.25) is 4.68 Å². The van der Waals surface area contributed by atoms with Gasteiger partial charge in [-0.2, -0.15) is 18.3 Å². The summed E-state index contributed by atoms with van der Waals surface area (Å²) in [6.07, 6.45) is -4.50. The van der Waals surface area contributed by atoms with Gasteiger partial charge in [-0.25, -0.2) is 0 Å². The van der Waals surface area contributed by atoms with Crippen LogP contribution in [0.15, 0.2) is 97.1 Å². The van der Waals surface area contributed by atoms with Crippen molar-refractivity contribution in [2.45, 2.75) is 19.3 Å². The second kappa shape index (κ2) is 9.47. The third kappa shape index (κ3) is 5.03. The molecular weight excluding hydrogens is 473 g/mol. The second-order valence-corrected chi connectivity index (χ2v) is 8.57. The summed E-state index contributed by atoms with van der Waals surface area (Å²) < 4.78 is 48.7. The fourth-order valence-electron chi connectivity index (χ4n) is 4.06. The highest BCUT2D eigenvalue weighted by atomic mass is 35.5. The van der Waals surface area contributed by atoms with E-state index in [9.17, 15) is 13.2 Å². The third-order valence-electron chi connectivity index (χ3n) is 5.67. The summed E-state index contributed by atoms with van der Waals surface area (Å²) >= 11 is 6.03. The van der Waals surface area contributed by atoms with Crippen LogP contribution in [0.3, 0.4) is 0 Å². The van der Waals surface area contributed by atoms with Crippen LogP contribution in [-0.4, -0.2) is 9.78 Å². The summed E-state index contributed by atoms with van der Waals surface area (Å²) in [6, 6.07) is 28.4. The van der Waals surface area contributed by atoms with Crippen LogP contribution in [0.1, 0.15) is 16.7 Å². The SMILES string of the molecule is FC(F)(F)c1cccc2c(-c3ccc(OCc4cccc(Cl)c4)cc3)n(Cc3ccccc3)nc12. The zero-order valence-corrected chi connectivity index (χ0v) is 19.2. The van der Waals surface area contributed by atoms with Crippen LogP contribution < -0.4 is 4.74 Å². The summed E-state index contributed by atoms with van der Waals surface area (Å²) in [5.41, 5.74) is 2.44. The molecule has 0 saturated carbocycles. The highest BCUT2D eigenvalue weighted by Crippen LogP contribution is 2.38. The van der Waals surface area contributed by atoms with Gasteiger partial charge < -0.3 is 4.74 Å². The molecule has 5 aromatic rings. The summed E-state index contributed by atoms with van der Waals surface area (Å²) in [4.78, 5) is 0. The molecule has 3 nitrogen and oxygen atoms in total. The van der Waals surface area contributed by atoms with Crippen LogP contribution in [0.25, 0.3) is 22.2 Å². The molecule has 0 aliphatic carbocycles. The van der Waals surface area contributed by atoms with Crippen molar-refractivity contribution in [1.82, 2.24) is 9.78 Å². The number of ether oxygens (including phenoxy) is 1. The number of benzene rings is 4. The normalized spacial score (nSPS) is 11.7. The second-order valence-electron chi connectivity index (χ2n) is 8.13. The van der Waals surface area contributed by atoms with Crippen LogP contribution in [0, 0.1) is 0 Å². The molecule has 5 rings (SSSR count). The van der Waals surface area contributed by atoms with Crippen LogP contribution in [0.2, 0.25) is 5.02 Å². The number of aromatic nitrogens is 2. The zero-order valence-electron chi connectivity index (χ0n) is 18.5. The molecule has 0 N–H and O–H groups in total. The van der Waals surface area contributed by atoms with E-state index in [4.69, 9.17) is 16.3 Å². The molecule has 0 aliphatic rings. The highest BCUT2D eigenvalue weighted by molar-refractivity contribution is 6.30. The van der Waals surface area contributed by atoms with E-state index in [1.54, 1.807) is 28.9 Å². The molecule has 176 valence electrons. The number of nitrogens with zero attached hydrogens (tertiary/aromatic N) is 2. The van der Waals surface area contributed by atoms with E-state index < -0.39 is 11.7 Å². The minimum absolute atomic E-state index is 0.0628. The Morgan fingerprint density at radius 2 is 1.51 bits per heavy atom. The topological polar surface area (TPSA) is 27.1 Å². The Hall–Kier alpha value is -3.77. The molecule has 0 fully saturated rings. The average Bonchev–Trinajstić information content (AvgIpc) is 3.21. The van der Waals surface area contributed by atoms with Crippen molar-refractivity contribution in [1.29, 1.82) is 0 Å². The number of hydrogen-bond donors (Lipinski definition) is 0. The van der Waals surface area contributed by atoms with Crippen molar-refractivity contribution in [2.24, 2.45) is 0 Å². The van der Waals surface area contributed by atoms with E-state index in [0.29, 0.717) is 35.0 Å². The van der Waals surface area contributed by atoms with Crippen molar-refractivity contribution in [3.8, 4) is 17.0 Å². The fraction of sp³-hybridized carbons (Fsp3) is 0.107. The minimum atomic E-state index is -4.50. The summed E-state index contributed by atoms with van der Waals surface area (Å²) in [5.74, 6) is 0.642. The summed E-state index contributed by atoms with van der Waals surface area (Å²) in [5, 5.41) is 5.50. The molecule has 0 bridgehead atoms. The lowest BCUT2D eigenvalue weighted by Gasteiger charge is -2.11. The Morgan fingerprint density at radius 3 is 2.23 bits per heavy atom. The maximum atomic E-state index is 13.7. The molecule has 4 aromatic carbocycles. The Bertz CT molecular complexity index is 1460. The van der Waals surface area contributed by atoms with Crippen LogP contribution in [-0.2, 0) is 19.3 Å². The van der Waals surface area contributed by atoms with Gasteiger partial charge in [0.2, 0.25) is 0 Å². The Kier molecular flexibility index (Phi) is 6.22. The lowest BCUT2D eigenvalue weighted by molar-refractivity contribution is -0.136. The lowest BCUT2D eigenvalue weighted by atomic mass is 10.0. The molecule has 0 saturated heterocycles. The van der Waals surface area contributed by atoms with E-state index in [1.165, 1.54) is 6.07 Å². The van der Waals surface area contributed by atoms with Gasteiger partial charge in [-0.05, 0) is 53.6 Å². The van der Waals surface area contributed by atoms with E-state index in [2.05, 4.69) is 5.10 Å². The molecular formula is C28H20ClF3N2O. The number of alkyl halides is 3. The fourth-order valence-corrected chi connectivity index (χ4v) is 4.27. The zero-order chi connectivity index (χ0) is 24.4. The van der Waals surface area contributed by atoms with Crippen molar-refractivity contribution < 1.29 is 17.9 Å². The predicted molar refractivity (Wildman–Crippen MR) is 131 cm³/mol. The Balaban J connectivity index is 1.52. The monoisotopic (exact) mass is 492 g/mol. The highest BCUT2D eigenvalue weighted by Gasteiger charge is 2.34. The molecule has 1 heterocycles. The average molecular weight is 493 g/mol. The van der Waals surface area contributed by atoms with Crippen LogP contribution in [0.4, 0.5) is 13.2 Å². The predicted octanol–water partition coefficient (Wildman–Crippen LogP) is 8.00. The van der Waals surface area contributed by atoms with Gasteiger partial charge in [0.05, 0.1) is 17.8 Å². The summed E-state index contributed by atoms with van der Waals surface area (Å²) in [7, 11) is 0. The lowest BCUT2D eigenvalue weighted by Crippen LogP contribution is -2.06. The summed E-state index contributed by atoms with van der Waals surface area (Å²) in [6.45, 7) is 0.693. The van der Waals surface area contributed by atoms with Gasteiger partial charge in [0.25, 0.3) is 0 Å². The van der Waals surface area contributed by atoms with Crippen molar-refractivity contribution in [3.05, 3.63) is 119 Å². The molecule has 0 unspecified atom stereocenters. The maximum Gasteiger partial charge on any atom is 0.418 e. The Labute approximate surface area is 205 Å². The molecule has 0 atom stereocenters. The quantitative estimate of drug-likeness (QED) is 0.240. The van der Waals surface area contributed by atoms with Crippen molar-refractivity contribution in [3.63, 3.8) is 0 Å². The minimum Gasteiger partial charge on any atom is -0.489 e. The van der Waals surface area contributed by atoms with E-state index in [-0.39, 0.29) is 5.52 Å². The van der Waals surface area contributed by atoms with Gasteiger partial charge >= 0.3 is 6.18 Å². The van der Waals surface area contributed by atoms with Crippen molar-refractivity contribution >= 4 is 22.5 Å². The first-order valence-corrected chi connectivity index (χ1v) is 11.3. The third-order valence-corrected chi connectivity index (χ3v) is 5.91. The largest absolute Gasteiger partial charge is 0.489 e. The first kappa shape index (κ1) is 23.0. The van der Waals surface area contributed by atoms with Gasteiger partial charge in [0.1, 0.15) is 17.9 Å². The number of halogens is 4. The molecule has 7 heteroatoms. The maximum absolute atomic E-state index is 13.7. The Morgan fingerprint density at radius 1 is 0.800 bits per heavy atom.